The van der Waals surface area contributed by atoms with Crippen molar-refractivity contribution in [3.8, 4) is 0 Å². The number of methoxy groups -OCH3 is 1. The van der Waals surface area contributed by atoms with Gasteiger partial charge in [-0.1, -0.05) is 13.8 Å². The number of anilines is 1. The van der Waals surface area contributed by atoms with Crippen molar-refractivity contribution in [2.45, 2.75) is 32.1 Å². The quantitative estimate of drug-likeness (QED) is 0.714. The fourth-order valence-corrected chi connectivity index (χ4v) is 3.75. The highest BCUT2D eigenvalue weighted by molar-refractivity contribution is 9.10. The van der Waals surface area contributed by atoms with Crippen LogP contribution in [-0.4, -0.2) is 28.7 Å². The number of aryl methyl sites for hydroxylation is 1. The third-order valence-electron chi connectivity index (χ3n) is 3.31. The molecule has 1 rings (SSSR count). The molecule has 21 heavy (non-hydrogen) atoms. The van der Waals surface area contributed by atoms with E-state index < -0.39 is 10.0 Å². The second kappa shape index (κ2) is 7.09. The van der Waals surface area contributed by atoms with Crippen LogP contribution in [-0.2, 0) is 14.8 Å². The molecule has 0 heterocycles. The molecule has 0 aliphatic carbocycles. The molecule has 0 fully saturated rings. The van der Waals surface area contributed by atoms with Crippen molar-refractivity contribution in [3.63, 3.8) is 0 Å². The van der Waals surface area contributed by atoms with Gasteiger partial charge < -0.3 is 10.5 Å². The minimum absolute atomic E-state index is 0.183. The molecule has 0 amide bonds. The number of ether oxygens (including phenoxy) is 1. The summed E-state index contributed by atoms with van der Waals surface area (Å²) in [5.74, 6) is 0. The molecule has 0 atom stereocenters. The van der Waals surface area contributed by atoms with Gasteiger partial charge in [0.05, 0.1) is 4.90 Å². The molecule has 1 aromatic carbocycles. The first-order chi connectivity index (χ1) is 9.59. The largest absolute Gasteiger partial charge is 0.398 e. The summed E-state index contributed by atoms with van der Waals surface area (Å²) in [6.07, 6.45) is 0.771. The third kappa shape index (κ3) is 5.25. The second-order valence-electron chi connectivity index (χ2n) is 5.87. The molecule has 3 N–H and O–H groups in total. The summed E-state index contributed by atoms with van der Waals surface area (Å²) < 4.78 is 33.2. The zero-order valence-corrected chi connectivity index (χ0v) is 15.3. The van der Waals surface area contributed by atoms with Gasteiger partial charge in [-0.25, -0.2) is 13.1 Å². The summed E-state index contributed by atoms with van der Waals surface area (Å²) >= 11 is 3.29. The molecule has 0 unspecified atom stereocenters. The number of nitrogen functional groups attached to an aromatic ring is 1. The van der Waals surface area contributed by atoms with E-state index >= 15 is 0 Å². The second-order valence-corrected chi connectivity index (χ2v) is 8.46. The van der Waals surface area contributed by atoms with Crippen molar-refractivity contribution in [2.24, 2.45) is 5.41 Å². The van der Waals surface area contributed by atoms with Crippen LogP contribution in [0.2, 0.25) is 0 Å². The Hall–Kier alpha value is -0.630. The topological polar surface area (TPSA) is 81.4 Å². The van der Waals surface area contributed by atoms with Gasteiger partial charge in [0.2, 0.25) is 10.0 Å². The predicted octanol–water partition coefficient (Wildman–Crippen LogP) is 2.68. The van der Waals surface area contributed by atoms with Crippen molar-refractivity contribution in [2.75, 3.05) is 26.0 Å². The van der Waals surface area contributed by atoms with Crippen molar-refractivity contribution in [1.82, 2.24) is 4.72 Å². The lowest BCUT2D eigenvalue weighted by atomic mass is 9.90. The number of nitrogens with two attached hydrogens (primary N) is 1. The summed E-state index contributed by atoms with van der Waals surface area (Å²) in [6.45, 7) is 6.68. The molecule has 0 radical (unpaired) electrons. The summed E-state index contributed by atoms with van der Waals surface area (Å²) in [5.41, 5.74) is 6.65. The van der Waals surface area contributed by atoms with Gasteiger partial charge in [-0.05, 0) is 52.4 Å². The van der Waals surface area contributed by atoms with Crippen LogP contribution >= 0.6 is 15.9 Å². The standard InChI is InChI=1S/C14H23BrN2O3S/c1-10-7-11(15)12(16)8-13(10)21(18,19)17-9-14(2,3)5-6-20-4/h7-8,17H,5-6,9,16H2,1-4H3. The molecule has 0 aliphatic rings. The maximum atomic E-state index is 12.4. The van der Waals surface area contributed by atoms with Crippen LogP contribution in [0.5, 0.6) is 0 Å². The van der Waals surface area contributed by atoms with Crippen LogP contribution in [0.4, 0.5) is 5.69 Å². The van der Waals surface area contributed by atoms with Crippen LogP contribution in [0.15, 0.2) is 21.5 Å². The van der Waals surface area contributed by atoms with E-state index in [2.05, 4.69) is 20.7 Å². The van der Waals surface area contributed by atoms with E-state index in [1.54, 1.807) is 20.1 Å². The van der Waals surface area contributed by atoms with Gasteiger partial charge in [0, 0.05) is 30.4 Å². The highest BCUT2D eigenvalue weighted by Crippen LogP contribution is 2.27. The Morgan fingerprint density at radius 3 is 2.57 bits per heavy atom. The van der Waals surface area contributed by atoms with Gasteiger partial charge in [0.1, 0.15) is 0 Å². The van der Waals surface area contributed by atoms with E-state index in [9.17, 15) is 8.42 Å². The van der Waals surface area contributed by atoms with Crippen molar-refractivity contribution < 1.29 is 13.2 Å². The predicted molar refractivity (Wildman–Crippen MR) is 88.8 cm³/mol. The lowest BCUT2D eigenvalue weighted by molar-refractivity contribution is 0.153. The Balaban J connectivity index is 2.90. The lowest BCUT2D eigenvalue weighted by Crippen LogP contribution is -2.35. The first-order valence-corrected chi connectivity index (χ1v) is 8.91. The molecular formula is C14H23BrN2O3S. The summed E-state index contributed by atoms with van der Waals surface area (Å²) in [5, 5.41) is 0. The molecule has 5 nitrogen and oxygen atoms in total. The number of sulfonamides is 1. The van der Waals surface area contributed by atoms with Crippen LogP contribution in [0.3, 0.4) is 0 Å². The Labute approximate surface area is 135 Å². The van der Waals surface area contributed by atoms with Crippen LogP contribution < -0.4 is 10.5 Å². The van der Waals surface area contributed by atoms with E-state index in [0.29, 0.717) is 28.9 Å². The molecule has 0 bridgehead atoms. The first-order valence-electron chi connectivity index (χ1n) is 6.63. The Morgan fingerprint density at radius 1 is 1.38 bits per heavy atom. The van der Waals surface area contributed by atoms with Crippen molar-refractivity contribution >= 4 is 31.6 Å². The normalized spacial score (nSPS) is 12.6. The van der Waals surface area contributed by atoms with Gasteiger partial charge in [-0.2, -0.15) is 0 Å². The lowest BCUT2D eigenvalue weighted by Gasteiger charge is -2.24. The van der Waals surface area contributed by atoms with Gasteiger partial charge in [0.25, 0.3) is 0 Å². The van der Waals surface area contributed by atoms with E-state index in [1.165, 1.54) is 6.07 Å². The maximum absolute atomic E-state index is 12.4. The van der Waals surface area contributed by atoms with E-state index in [4.69, 9.17) is 10.5 Å². The SMILES string of the molecule is COCCC(C)(C)CNS(=O)(=O)c1cc(N)c(Br)cc1C. The molecule has 0 saturated carbocycles. The average molecular weight is 379 g/mol. The van der Waals surface area contributed by atoms with Gasteiger partial charge in [-0.3, -0.25) is 0 Å². The minimum Gasteiger partial charge on any atom is -0.398 e. The fourth-order valence-electron chi connectivity index (χ4n) is 1.79. The third-order valence-corrected chi connectivity index (χ3v) is 5.54. The Bertz CT molecular complexity index is 600. The fraction of sp³-hybridized carbons (Fsp3) is 0.571. The monoisotopic (exact) mass is 378 g/mol. The molecular weight excluding hydrogens is 356 g/mol. The molecule has 120 valence electrons. The number of nitrogens with one attached hydrogen (secondary N) is 1. The molecule has 1 aromatic rings. The molecule has 0 spiro atoms. The number of halogens is 1. The average Bonchev–Trinajstić information content (AvgIpc) is 2.38. The van der Waals surface area contributed by atoms with Crippen LogP contribution in [0, 0.1) is 12.3 Å². The van der Waals surface area contributed by atoms with Gasteiger partial charge >= 0.3 is 0 Å². The highest BCUT2D eigenvalue weighted by Gasteiger charge is 2.23. The number of hydrogen-bond donors (Lipinski definition) is 2. The van der Waals surface area contributed by atoms with E-state index in [-0.39, 0.29) is 10.3 Å². The molecule has 0 saturated heterocycles. The zero-order chi connectivity index (χ0) is 16.3. The van der Waals surface area contributed by atoms with Crippen LogP contribution in [0.25, 0.3) is 0 Å². The smallest absolute Gasteiger partial charge is 0.240 e. The highest BCUT2D eigenvalue weighted by atomic mass is 79.9. The molecule has 7 heteroatoms. The number of rotatable bonds is 7. The zero-order valence-electron chi connectivity index (χ0n) is 12.9. The Morgan fingerprint density at radius 2 is 2.00 bits per heavy atom. The minimum atomic E-state index is -3.58. The first kappa shape index (κ1) is 18.4. The Kier molecular flexibility index (Phi) is 6.22. The van der Waals surface area contributed by atoms with Crippen LogP contribution in [0.1, 0.15) is 25.8 Å². The molecule has 0 aromatic heterocycles. The van der Waals surface area contributed by atoms with Gasteiger partial charge in [0.15, 0.2) is 0 Å². The number of benzene rings is 1. The summed E-state index contributed by atoms with van der Waals surface area (Å²) in [7, 11) is -1.95. The van der Waals surface area contributed by atoms with Gasteiger partial charge in [-0.15, -0.1) is 0 Å². The summed E-state index contributed by atoms with van der Waals surface area (Å²) in [4.78, 5) is 0.214. The van der Waals surface area contributed by atoms with Crippen molar-refractivity contribution in [1.29, 1.82) is 0 Å². The summed E-state index contributed by atoms with van der Waals surface area (Å²) in [6, 6.07) is 3.18. The van der Waals surface area contributed by atoms with E-state index in [0.717, 1.165) is 6.42 Å². The van der Waals surface area contributed by atoms with Crippen molar-refractivity contribution in [3.05, 3.63) is 22.2 Å². The molecule has 0 aliphatic heterocycles. The maximum Gasteiger partial charge on any atom is 0.240 e. The number of hydrogen-bond acceptors (Lipinski definition) is 4. The van der Waals surface area contributed by atoms with E-state index in [1.807, 2.05) is 13.8 Å².